The lowest BCUT2D eigenvalue weighted by molar-refractivity contribution is 0.210. The lowest BCUT2D eigenvalue weighted by Gasteiger charge is -2.14. The van der Waals surface area contributed by atoms with E-state index in [1.807, 2.05) is 35.1 Å². The zero-order chi connectivity index (χ0) is 14.4. The van der Waals surface area contributed by atoms with E-state index in [0.29, 0.717) is 6.61 Å². The predicted molar refractivity (Wildman–Crippen MR) is 78.8 cm³/mol. The van der Waals surface area contributed by atoms with Crippen molar-refractivity contribution in [2.24, 2.45) is 0 Å². The molecule has 0 saturated carbocycles. The molecule has 2 rings (SSSR count). The molecule has 0 aliphatic rings. The summed E-state index contributed by atoms with van der Waals surface area (Å²) >= 11 is 0. The van der Waals surface area contributed by atoms with Crippen LogP contribution in [0.2, 0.25) is 0 Å². The molecule has 0 spiro atoms. The number of ether oxygens (including phenoxy) is 1. The zero-order valence-electron chi connectivity index (χ0n) is 12.1. The van der Waals surface area contributed by atoms with Gasteiger partial charge in [-0.25, -0.2) is 0 Å². The Morgan fingerprint density at radius 1 is 1.25 bits per heavy atom. The summed E-state index contributed by atoms with van der Waals surface area (Å²) in [4.78, 5) is 0. The first-order valence-corrected chi connectivity index (χ1v) is 7.18. The molecule has 1 heterocycles. The second kappa shape index (κ2) is 7.10. The van der Waals surface area contributed by atoms with Crippen LogP contribution in [0.15, 0.2) is 36.7 Å². The highest BCUT2D eigenvalue weighted by atomic mass is 16.5. The first-order valence-electron chi connectivity index (χ1n) is 7.18. The summed E-state index contributed by atoms with van der Waals surface area (Å²) in [5.74, 6) is 0.741. The van der Waals surface area contributed by atoms with Gasteiger partial charge in [0, 0.05) is 23.9 Å². The van der Waals surface area contributed by atoms with Crippen LogP contribution >= 0.6 is 0 Å². The Labute approximate surface area is 120 Å². The van der Waals surface area contributed by atoms with Crippen LogP contribution in [0.3, 0.4) is 0 Å². The predicted octanol–water partition coefficient (Wildman–Crippen LogP) is 3.16. The summed E-state index contributed by atoms with van der Waals surface area (Å²) in [5, 5.41) is 14.8. The van der Waals surface area contributed by atoms with Gasteiger partial charge in [-0.1, -0.05) is 32.0 Å². The maximum absolute atomic E-state index is 10.5. The molecule has 20 heavy (non-hydrogen) atoms. The molecule has 0 bridgehead atoms. The smallest absolute Gasteiger partial charge is 0.125 e. The van der Waals surface area contributed by atoms with Gasteiger partial charge in [-0.05, 0) is 18.9 Å². The number of nitrogens with zero attached hydrogens (tertiary/aromatic N) is 2. The van der Waals surface area contributed by atoms with Gasteiger partial charge in [0.25, 0.3) is 0 Å². The Bertz CT molecular complexity index is 537. The Morgan fingerprint density at radius 3 is 2.80 bits per heavy atom. The molecule has 1 aromatic heterocycles. The largest absolute Gasteiger partial charge is 0.493 e. The van der Waals surface area contributed by atoms with Crippen molar-refractivity contribution in [3.8, 4) is 5.75 Å². The van der Waals surface area contributed by atoms with Crippen molar-refractivity contribution in [3.63, 3.8) is 0 Å². The average Bonchev–Trinajstić information content (AvgIpc) is 2.94. The number of aromatic nitrogens is 2. The monoisotopic (exact) mass is 274 g/mol. The maximum Gasteiger partial charge on any atom is 0.125 e. The van der Waals surface area contributed by atoms with Gasteiger partial charge >= 0.3 is 0 Å². The molecule has 1 atom stereocenters. The fourth-order valence-electron chi connectivity index (χ4n) is 2.10. The van der Waals surface area contributed by atoms with E-state index in [4.69, 9.17) is 4.74 Å². The van der Waals surface area contributed by atoms with Crippen LogP contribution in [-0.4, -0.2) is 21.5 Å². The second-order valence-corrected chi connectivity index (χ2v) is 4.83. The molecular weight excluding hydrogens is 252 g/mol. The van der Waals surface area contributed by atoms with Gasteiger partial charge in [0.05, 0.1) is 12.8 Å². The van der Waals surface area contributed by atoms with Gasteiger partial charge < -0.3 is 9.84 Å². The number of rotatable bonds is 7. The lowest BCUT2D eigenvalue weighted by atomic mass is 10.0. The molecule has 0 aliphatic heterocycles. The topological polar surface area (TPSA) is 47.3 Å². The molecule has 4 heteroatoms. The Kier molecular flexibility index (Phi) is 5.18. The van der Waals surface area contributed by atoms with Crippen molar-refractivity contribution >= 4 is 0 Å². The van der Waals surface area contributed by atoms with Crippen LogP contribution in [0.4, 0.5) is 0 Å². The van der Waals surface area contributed by atoms with Gasteiger partial charge in [0.1, 0.15) is 11.9 Å². The standard InChI is InChI=1S/C16H22N2O2/c1-3-9-18-12-13(11-17-18)16(19)14-7-5-6-8-15(14)20-10-4-2/h5-8,11-12,16,19H,3-4,9-10H2,1-2H3. The summed E-state index contributed by atoms with van der Waals surface area (Å²) in [6.07, 6.45) is 4.88. The van der Waals surface area contributed by atoms with Crippen molar-refractivity contribution in [2.75, 3.05) is 6.61 Å². The van der Waals surface area contributed by atoms with Crippen LogP contribution in [0.5, 0.6) is 5.75 Å². The molecule has 0 aliphatic carbocycles. The summed E-state index contributed by atoms with van der Waals surface area (Å²) in [6, 6.07) is 7.62. The summed E-state index contributed by atoms with van der Waals surface area (Å²) in [7, 11) is 0. The van der Waals surface area contributed by atoms with Gasteiger partial charge in [-0.3, -0.25) is 4.68 Å². The van der Waals surface area contributed by atoms with Crippen molar-refractivity contribution in [2.45, 2.75) is 39.3 Å². The van der Waals surface area contributed by atoms with Gasteiger partial charge in [0.2, 0.25) is 0 Å². The fraction of sp³-hybridized carbons (Fsp3) is 0.438. The first kappa shape index (κ1) is 14.6. The van der Waals surface area contributed by atoms with Crippen molar-refractivity contribution in [1.29, 1.82) is 0 Å². The van der Waals surface area contributed by atoms with Crippen molar-refractivity contribution in [3.05, 3.63) is 47.8 Å². The fourth-order valence-corrected chi connectivity index (χ4v) is 2.10. The molecular formula is C16H22N2O2. The number of para-hydroxylation sites is 1. The molecule has 108 valence electrons. The van der Waals surface area contributed by atoms with E-state index in [0.717, 1.165) is 36.3 Å². The third-order valence-corrected chi connectivity index (χ3v) is 3.10. The number of benzene rings is 1. The number of aryl methyl sites for hydroxylation is 1. The summed E-state index contributed by atoms with van der Waals surface area (Å²) < 4.78 is 7.55. The van der Waals surface area contributed by atoms with E-state index in [1.54, 1.807) is 6.20 Å². The minimum absolute atomic E-state index is 0.652. The van der Waals surface area contributed by atoms with Crippen molar-refractivity contribution < 1.29 is 9.84 Å². The normalized spacial score (nSPS) is 12.3. The van der Waals surface area contributed by atoms with E-state index in [-0.39, 0.29) is 0 Å². The highest BCUT2D eigenvalue weighted by Gasteiger charge is 2.16. The van der Waals surface area contributed by atoms with E-state index in [1.165, 1.54) is 0 Å². The second-order valence-electron chi connectivity index (χ2n) is 4.83. The number of hydrogen-bond acceptors (Lipinski definition) is 3. The average molecular weight is 274 g/mol. The maximum atomic E-state index is 10.5. The highest BCUT2D eigenvalue weighted by Crippen LogP contribution is 2.29. The molecule has 1 aromatic carbocycles. The molecule has 0 amide bonds. The quantitative estimate of drug-likeness (QED) is 0.843. The molecule has 1 unspecified atom stereocenters. The minimum Gasteiger partial charge on any atom is -0.493 e. The molecule has 0 radical (unpaired) electrons. The Hall–Kier alpha value is -1.81. The Morgan fingerprint density at radius 2 is 2.05 bits per heavy atom. The van der Waals surface area contributed by atoms with E-state index in [2.05, 4.69) is 18.9 Å². The molecule has 0 saturated heterocycles. The van der Waals surface area contributed by atoms with Crippen LogP contribution in [0.1, 0.15) is 43.9 Å². The number of hydrogen-bond donors (Lipinski definition) is 1. The van der Waals surface area contributed by atoms with E-state index >= 15 is 0 Å². The van der Waals surface area contributed by atoms with Crippen LogP contribution < -0.4 is 4.74 Å². The zero-order valence-corrected chi connectivity index (χ0v) is 12.1. The van der Waals surface area contributed by atoms with Crippen LogP contribution in [-0.2, 0) is 6.54 Å². The first-order chi connectivity index (χ1) is 9.76. The van der Waals surface area contributed by atoms with Crippen molar-refractivity contribution in [1.82, 2.24) is 9.78 Å². The minimum atomic E-state index is -0.700. The number of aliphatic hydroxyl groups is 1. The number of aliphatic hydroxyl groups excluding tert-OH is 1. The summed E-state index contributed by atoms with van der Waals surface area (Å²) in [6.45, 7) is 5.68. The lowest BCUT2D eigenvalue weighted by Crippen LogP contribution is -2.04. The van der Waals surface area contributed by atoms with E-state index < -0.39 is 6.10 Å². The van der Waals surface area contributed by atoms with Gasteiger partial charge in [-0.15, -0.1) is 0 Å². The van der Waals surface area contributed by atoms with Gasteiger partial charge in [0.15, 0.2) is 0 Å². The molecule has 2 aromatic rings. The summed E-state index contributed by atoms with van der Waals surface area (Å²) in [5.41, 5.74) is 1.59. The molecule has 0 fully saturated rings. The van der Waals surface area contributed by atoms with E-state index in [9.17, 15) is 5.11 Å². The molecule has 4 nitrogen and oxygen atoms in total. The van der Waals surface area contributed by atoms with Crippen LogP contribution in [0.25, 0.3) is 0 Å². The third kappa shape index (κ3) is 3.39. The Balaban J connectivity index is 2.20. The van der Waals surface area contributed by atoms with Crippen LogP contribution in [0, 0.1) is 0 Å². The molecule has 1 N–H and O–H groups in total. The SMILES string of the molecule is CCCOc1ccccc1C(O)c1cnn(CCC)c1. The van der Waals surface area contributed by atoms with Gasteiger partial charge in [-0.2, -0.15) is 5.10 Å². The third-order valence-electron chi connectivity index (χ3n) is 3.10. The highest BCUT2D eigenvalue weighted by molar-refractivity contribution is 5.39.